The molecule has 0 saturated carbocycles. The van der Waals surface area contributed by atoms with Crippen molar-refractivity contribution in [2.24, 2.45) is 0 Å². The number of aromatic nitrogens is 2. The van der Waals surface area contributed by atoms with Crippen molar-refractivity contribution < 1.29 is 4.79 Å². The zero-order chi connectivity index (χ0) is 19.1. The molecule has 4 nitrogen and oxygen atoms in total. The molecule has 0 aliphatic carbocycles. The van der Waals surface area contributed by atoms with Crippen molar-refractivity contribution >= 4 is 17.7 Å². The number of nitrogens with zero attached hydrogens (tertiary/aromatic N) is 2. The van der Waals surface area contributed by atoms with E-state index in [1.165, 1.54) is 22.9 Å². The number of nitrogens with one attached hydrogen (secondary N) is 1. The van der Waals surface area contributed by atoms with Gasteiger partial charge in [0, 0.05) is 23.9 Å². The molecule has 0 bridgehead atoms. The van der Waals surface area contributed by atoms with E-state index in [-0.39, 0.29) is 11.8 Å². The summed E-state index contributed by atoms with van der Waals surface area (Å²) < 4.78 is 0. The highest BCUT2D eigenvalue weighted by atomic mass is 32.2. The van der Waals surface area contributed by atoms with Crippen molar-refractivity contribution in [3.63, 3.8) is 0 Å². The molecule has 3 rings (SSSR count). The first-order chi connectivity index (χ1) is 13.1. The minimum atomic E-state index is -0.0142. The molecule has 0 unspecified atom stereocenters. The summed E-state index contributed by atoms with van der Waals surface area (Å²) in [5, 5.41) is 3.71. The SMILES string of the molecule is Cc1cc(C)nc(SCC(=O)NCC(c2ccccc2)c2ccccc2)n1. The number of aryl methyl sites for hydroxylation is 2. The van der Waals surface area contributed by atoms with Gasteiger partial charge >= 0.3 is 0 Å². The molecular weight excluding hydrogens is 354 g/mol. The van der Waals surface area contributed by atoms with Crippen LogP contribution in [0.4, 0.5) is 0 Å². The van der Waals surface area contributed by atoms with E-state index in [0.717, 1.165) is 11.4 Å². The highest BCUT2D eigenvalue weighted by molar-refractivity contribution is 7.99. The fraction of sp³-hybridized carbons (Fsp3) is 0.227. The number of hydrogen-bond donors (Lipinski definition) is 1. The molecule has 0 aliphatic heterocycles. The normalized spacial score (nSPS) is 10.8. The molecular formula is C22H23N3OS. The van der Waals surface area contributed by atoms with Crippen LogP contribution in [-0.4, -0.2) is 28.2 Å². The summed E-state index contributed by atoms with van der Waals surface area (Å²) in [7, 11) is 0. The number of amides is 1. The Bertz CT molecular complexity index is 825. The minimum absolute atomic E-state index is 0.0142. The molecule has 0 aliphatic rings. The van der Waals surface area contributed by atoms with Crippen molar-refractivity contribution in [3.8, 4) is 0 Å². The van der Waals surface area contributed by atoms with Crippen LogP contribution in [0.1, 0.15) is 28.4 Å². The third-order valence-corrected chi connectivity index (χ3v) is 5.05. The van der Waals surface area contributed by atoms with Crippen LogP contribution in [0, 0.1) is 13.8 Å². The van der Waals surface area contributed by atoms with Gasteiger partial charge in [0.1, 0.15) is 0 Å². The average Bonchev–Trinajstić information content (AvgIpc) is 2.67. The van der Waals surface area contributed by atoms with Crippen LogP contribution in [0.3, 0.4) is 0 Å². The Balaban J connectivity index is 1.62. The Labute approximate surface area is 164 Å². The van der Waals surface area contributed by atoms with Gasteiger partial charge in [0.2, 0.25) is 5.91 Å². The summed E-state index contributed by atoms with van der Waals surface area (Å²) in [6, 6.07) is 22.4. The van der Waals surface area contributed by atoms with E-state index in [0.29, 0.717) is 17.5 Å². The first kappa shape index (κ1) is 19.1. The molecule has 0 saturated heterocycles. The van der Waals surface area contributed by atoms with Gasteiger partial charge in [0.05, 0.1) is 5.75 Å². The van der Waals surface area contributed by atoms with Crippen LogP contribution in [0.15, 0.2) is 71.9 Å². The van der Waals surface area contributed by atoms with Gasteiger partial charge in [-0.05, 0) is 31.0 Å². The second-order valence-electron chi connectivity index (χ2n) is 6.40. The zero-order valence-corrected chi connectivity index (χ0v) is 16.4. The summed E-state index contributed by atoms with van der Waals surface area (Å²) in [6.07, 6.45) is 0. The Morgan fingerprint density at radius 3 is 1.96 bits per heavy atom. The lowest BCUT2D eigenvalue weighted by atomic mass is 9.91. The maximum atomic E-state index is 12.4. The van der Waals surface area contributed by atoms with Crippen molar-refractivity contribution in [1.29, 1.82) is 0 Å². The number of carbonyl (C=O) groups excluding carboxylic acids is 1. The number of carbonyl (C=O) groups is 1. The van der Waals surface area contributed by atoms with Crippen molar-refractivity contribution in [1.82, 2.24) is 15.3 Å². The zero-order valence-electron chi connectivity index (χ0n) is 15.6. The molecule has 1 N–H and O–H groups in total. The molecule has 2 aromatic carbocycles. The van der Waals surface area contributed by atoms with E-state index in [9.17, 15) is 4.79 Å². The van der Waals surface area contributed by atoms with Crippen LogP contribution in [0.2, 0.25) is 0 Å². The van der Waals surface area contributed by atoms with E-state index in [1.54, 1.807) is 0 Å². The Kier molecular flexibility index (Phi) is 6.60. The highest BCUT2D eigenvalue weighted by Crippen LogP contribution is 2.23. The van der Waals surface area contributed by atoms with Gasteiger partial charge < -0.3 is 5.32 Å². The highest BCUT2D eigenvalue weighted by Gasteiger charge is 2.15. The Hall–Kier alpha value is -2.66. The van der Waals surface area contributed by atoms with Gasteiger partial charge in [-0.25, -0.2) is 9.97 Å². The standard InChI is InChI=1S/C22H23N3OS/c1-16-13-17(2)25-22(24-16)27-15-21(26)23-14-20(18-9-5-3-6-10-18)19-11-7-4-8-12-19/h3-13,20H,14-15H2,1-2H3,(H,23,26). The number of thioether (sulfide) groups is 1. The Morgan fingerprint density at radius 1 is 0.926 bits per heavy atom. The lowest BCUT2D eigenvalue weighted by Gasteiger charge is -2.18. The first-order valence-corrected chi connectivity index (χ1v) is 9.92. The van der Waals surface area contributed by atoms with E-state index in [4.69, 9.17) is 0 Å². The van der Waals surface area contributed by atoms with E-state index >= 15 is 0 Å². The fourth-order valence-electron chi connectivity index (χ4n) is 2.95. The van der Waals surface area contributed by atoms with Gasteiger partial charge in [0.15, 0.2) is 5.16 Å². The predicted octanol–water partition coefficient (Wildman–Crippen LogP) is 4.13. The van der Waals surface area contributed by atoms with Gasteiger partial charge in [0.25, 0.3) is 0 Å². The Morgan fingerprint density at radius 2 is 1.44 bits per heavy atom. The smallest absolute Gasteiger partial charge is 0.230 e. The van der Waals surface area contributed by atoms with E-state index < -0.39 is 0 Å². The summed E-state index contributed by atoms with van der Waals surface area (Å²) in [5.74, 6) is 0.414. The monoisotopic (exact) mass is 377 g/mol. The lowest BCUT2D eigenvalue weighted by Crippen LogP contribution is -2.30. The molecule has 1 heterocycles. The first-order valence-electron chi connectivity index (χ1n) is 8.93. The molecule has 5 heteroatoms. The number of benzene rings is 2. The van der Waals surface area contributed by atoms with E-state index in [2.05, 4.69) is 39.6 Å². The topological polar surface area (TPSA) is 54.9 Å². The van der Waals surface area contributed by atoms with Gasteiger partial charge in [-0.1, -0.05) is 72.4 Å². The summed E-state index contributed by atoms with van der Waals surface area (Å²) in [6.45, 7) is 4.42. The van der Waals surface area contributed by atoms with Crippen LogP contribution < -0.4 is 5.32 Å². The summed E-state index contributed by atoms with van der Waals surface area (Å²) in [4.78, 5) is 21.1. The second-order valence-corrected chi connectivity index (χ2v) is 7.34. The summed E-state index contributed by atoms with van der Waals surface area (Å²) >= 11 is 1.37. The van der Waals surface area contributed by atoms with Gasteiger partial charge in [-0.3, -0.25) is 4.79 Å². The molecule has 1 amide bonds. The molecule has 138 valence electrons. The maximum Gasteiger partial charge on any atom is 0.230 e. The fourth-order valence-corrected chi connectivity index (χ4v) is 3.73. The van der Waals surface area contributed by atoms with Crippen LogP contribution in [-0.2, 0) is 4.79 Å². The lowest BCUT2D eigenvalue weighted by molar-refractivity contribution is -0.118. The van der Waals surface area contributed by atoms with E-state index in [1.807, 2.05) is 56.3 Å². The quantitative estimate of drug-likeness (QED) is 0.497. The van der Waals surface area contributed by atoms with Gasteiger partial charge in [-0.15, -0.1) is 0 Å². The molecule has 27 heavy (non-hydrogen) atoms. The van der Waals surface area contributed by atoms with Crippen LogP contribution in [0.25, 0.3) is 0 Å². The average molecular weight is 378 g/mol. The van der Waals surface area contributed by atoms with Crippen molar-refractivity contribution in [3.05, 3.63) is 89.2 Å². The molecule has 0 fully saturated rings. The predicted molar refractivity (Wildman–Crippen MR) is 110 cm³/mol. The molecule has 3 aromatic rings. The molecule has 0 radical (unpaired) electrons. The maximum absolute atomic E-state index is 12.4. The summed E-state index contributed by atoms with van der Waals surface area (Å²) in [5.41, 5.74) is 4.21. The largest absolute Gasteiger partial charge is 0.354 e. The van der Waals surface area contributed by atoms with Gasteiger partial charge in [-0.2, -0.15) is 0 Å². The minimum Gasteiger partial charge on any atom is -0.354 e. The third kappa shape index (κ3) is 5.66. The molecule has 0 spiro atoms. The van der Waals surface area contributed by atoms with Crippen molar-refractivity contribution in [2.45, 2.75) is 24.9 Å². The van der Waals surface area contributed by atoms with Crippen LogP contribution in [0.5, 0.6) is 0 Å². The second kappa shape index (κ2) is 9.33. The van der Waals surface area contributed by atoms with Crippen LogP contribution >= 0.6 is 11.8 Å². The number of rotatable bonds is 7. The molecule has 0 atom stereocenters. The number of hydrogen-bond acceptors (Lipinski definition) is 4. The third-order valence-electron chi connectivity index (χ3n) is 4.20. The molecule has 1 aromatic heterocycles. The van der Waals surface area contributed by atoms with Crippen molar-refractivity contribution in [2.75, 3.05) is 12.3 Å².